The molecule has 2 aromatic heterocycles. The summed E-state index contributed by atoms with van der Waals surface area (Å²) in [6.07, 6.45) is 4.14. The van der Waals surface area contributed by atoms with E-state index in [0.717, 1.165) is 11.3 Å². The number of amides is 1. The molecule has 0 aliphatic heterocycles. The summed E-state index contributed by atoms with van der Waals surface area (Å²) in [4.78, 5) is 28.6. The first kappa shape index (κ1) is 22.7. The Morgan fingerprint density at radius 1 is 1.19 bits per heavy atom. The van der Waals surface area contributed by atoms with Gasteiger partial charge in [0.05, 0.1) is 13.2 Å². The molecule has 1 aromatic carbocycles. The number of alkyl carbamates (subject to hydrolysis) is 1. The molecule has 3 rings (SSSR count). The van der Waals surface area contributed by atoms with Crippen molar-refractivity contribution in [3.8, 4) is 23.2 Å². The van der Waals surface area contributed by atoms with E-state index in [1.54, 1.807) is 39.2 Å². The van der Waals surface area contributed by atoms with Crippen LogP contribution in [0.2, 0.25) is 0 Å². The standard InChI is InChI=1S/C23H24N6O3/c1-23(2,3)32-22(31)25-9-5-7-16-10-18(13-24-12-16)20-26-15-27-21(29-20)28-19-8-4-6-17(11-19)14-30/h4,6,8,10-13,15,30H,9,14H2,1-3H3,(H,25,31)(H,26,27,28,29). The summed E-state index contributed by atoms with van der Waals surface area (Å²) < 4.78 is 5.16. The average molecular weight is 432 g/mol. The minimum atomic E-state index is -0.560. The van der Waals surface area contributed by atoms with Gasteiger partial charge in [0.15, 0.2) is 5.82 Å². The minimum Gasteiger partial charge on any atom is -0.444 e. The number of rotatable bonds is 5. The molecular formula is C23H24N6O3. The molecule has 32 heavy (non-hydrogen) atoms. The number of ether oxygens (including phenoxy) is 1. The number of nitrogens with zero attached hydrogens (tertiary/aromatic N) is 4. The van der Waals surface area contributed by atoms with Crippen molar-refractivity contribution in [2.45, 2.75) is 33.0 Å². The summed E-state index contributed by atoms with van der Waals surface area (Å²) in [5, 5.41) is 15.0. The Morgan fingerprint density at radius 3 is 2.81 bits per heavy atom. The second-order valence-corrected chi connectivity index (χ2v) is 7.74. The molecule has 3 N–H and O–H groups in total. The highest BCUT2D eigenvalue weighted by Crippen LogP contribution is 2.18. The monoisotopic (exact) mass is 432 g/mol. The van der Waals surface area contributed by atoms with Crippen LogP contribution >= 0.6 is 0 Å². The lowest BCUT2D eigenvalue weighted by Crippen LogP contribution is -2.32. The number of hydrogen-bond acceptors (Lipinski definition) is 8. The number of benzene rings is 1. The van der Waals surface area contributed by atoms with Gasteiger partial charge in [0, 0.05) is 29.2 Å². The Hall–Kier alpha value is -4.03. The summed E-state index contributed by atoms with van der Waals surface area (Å²) in [6, 6.07) is 9.13. The molecule has 9 nitrogen and oxygen atoms in total. The maximum absolute atomic E-state index is 11.7. The molecule has 0 atom stereocenters. The third kappa shape index (κ3) is 7.04. The van der Waals surface area contributed by atoms with Gasteiger partial charge in [-0.25, -0.2) is 14.8 Å². The van der Waals surface area contributed by atoms with E-state index in [1.807, 2.05) is 24.3 Å². The molecule has 0 spiro atoms. The largest absolute Gasteiger partial charge is 0.444 e. The van der Waals surface area contributed by atoms with E-state index in [2.05, 4.69) is 42.4 Å². The van der Waals surface area contributed by atoms with Crippen molar-refractivity contribution >= 4 is 17.7 Å². The van der Waals surface area contributed by atoms with Crippen molar-refractivity contribution in [1.29, 1.82) is 0 Å². The number of anilines is 2. The SMILES string of the molecule is CC(C)(C)OC(=O)NCC#Cc1cncc(-c2ncnc(Nc3cccc(CO)c3)n2)c1. The molecule has 0 bridgehead atoms. The van der Waals surface area contributed by atoms with Crippen molar-refractivity contribution in [1.82, 2.24) is 25.3 Å². The van der Waals surface area contributed by atoms with Gasteiger partial charge >= 0.3 is 6.09 Å². The maximum atomic E-state index is 11.7. The molecule has 3 aromatic rings. The highest BCUT2D eigenvalue weighted by molar-refractivity contribution is 5.68. The lowest BCUT2D eigenvalue weighted by atomic mass is 10.2. The molecule has 0 aliphatic carbocycles. The number of nitrogens with one attached hydrogen (secondary N) is 2. The molecule has 0 fully saturated rings. The zero-order valence-electron chi connectivity index (χ0n) is 18.1. The molecule has 0 unspecified atom stereocenters. The highest BCUT2D eigenvalue weighted by atomic mass is 16.6. The Kier molecular flexibility index (Phi) is 7.31. The number of aliphatic hydroxyl groups excluding tert-OH is 1. The Morgan fingerprint density at radius 2 is 2.03 bits per heavy atom. The van der Waals surface area contributed by atoms with Gasteiger partial charge in [0.25, 0.3) is 0 Å². The van der Waals surface area contributed by atoms with Gasteiger partial charge in [-0.3, -0.25) is 4.98 Å². The topological polar surface area (TPSA) is 122 Å². The molecule has 164 valence electrons. The Balaban J connectivity index is 1.67. The van der Waals surface area contributed by atoms with Crippen LogP contribution in [0.5, 0.6) is 0 Å². The average Bonchev–Trinajstić information content (AvgIpc) is 2.76. The van der Waals surface area contributed by atoms with Gasteiger partial charge in [-0.1, -0.05) is 24.0 Å². The van der Waals surface area contributed by atoms with Crippen LogP contribution in [0, 0.1) is 11.8 Å². The summed E-state index contributed by atoms with van der Waals surface area (Å²) in [6.45, 7) is 5.48. The smallest absolute Gasteiger partial charge is 0.408 e. The summed E-state index contributed by atoms with van der Waals surface area (Å²) in [7, 11) is 0. The number of aliphatic hydroxyl groups is 1. The quantitative estimate of drug-likeness (QED) is 0.526. The first-order chi connectivity index (χ1) is 15.3. The van der Waals surface area contributed by atoms with Crippen LogP contribution in [0.3, 0.4) is 0 Å². The normalized spacial score (nSPS) is 10.6. The van der Waals surface area contributed by atoms with E-state index in [4.69, 9.17) is 4.74 Å². The van der Waals surface area contributed by atoms with Gasteiger partial charge in [0.2, 0.25) is 5.95 Å². The van der Waals surface area contributed by atoms with Gasteiger partial charge < -0.3 is 20.5 Å². The fraction of sp³-hybridized carbons (Fsp3) is 0.261. The van der Waals surface area contributed by atoms with E-state index in [-0.39, 0.29) is 13.2 Å². The second-order valence-electron chi connectivity index (χ2n) is 7.74. The van der Waals surface area contributed by atoms with E-state index >= 15 is 0 Å². The maximum Gasteiger partial charge on any atom is 0.408 e. The number of aromatic nitrogens is 4. The first-order valence-electron chi connectivity index (χ1n) is 9.89. The summed E-state index contributed by atoms with van der Waals surface area (Å²) >= 11 is 0. The lowest BCUT2D eigenvalue weighted by molar-refractivity contribution is 0.0535. The first-order valence-corrected chi connectivity index (χ1v) is 9.89. The zero-order valence-corrected chi connectivity index (χ0v) is 18.1. The van der Waals surface area contributed by atoms with Crippen LogP contribution in [0.15, 0.2) is 49.1 Å². The highest BCUT2D eigenvalue weighted by Gasteiger charge is 2.15. The fourth-order valence-electron chi connectivity index (χ4n) is 2.58. The van der Waals surface area contributed by atoms with Crippen molar-refractivity contribution < 1.29 is 14.6 Å². The number of carbonyl (C=O) groups is 1. The van der Waals surface area contributed by atoms with Crippen molar-refractivity contribution in [3.63, 3.8) is 0 Å². The van der Waals surface area contributed by atoms with Crippen LogP contribution in [-0.2, 0) is 11.3 Å². The minimum absolute atomic E-state index is 0.0508. The number of carbonyl (C=O) groups excluding carboxylic acids is 1. The molecule has 9 heteroatoms. The molecule has 0 saturated carbocycles. The Labute approximate surface area is 186 Å². The number of hydrogen-bond donors (Lipinski definition) is 3. The van der Waals surface area contributed by atoms with E-state index in [1.165, 1.54) is 6.33 Å². The van der Waals surface area contributed by atoms with Crippen molar-refractivity contribution in [2.75, 3.05) is 11.9 Å². The van der Waals surface area contributed by atoms with Gasteiger partial charge in [-0.2, -0.15) is 4.98 Å². The lowest BCUT2D eigenvalue weighted by Gasteiger charge is -2.18. The van der Waals surface area contributed by atoms with Crippen LogP contribution in [0.4, 0.5) is 16.4 Å². The Bertz CT molecular complexity index is 1150. The fourth-order valence-corrected chi connectivity index (χ4v) is 2.58. The van der Waals surface area contributed by atoms with Gasteiger partial charge in [0.1, 0.15) is 11.9 Å². The predicted molar refractivity (Wildman–Crippen MR) is 120 cm³/mol. The number of pyridine rings is 1. The van der Waals surface area contributed by atoms with Crippen molar-refractivity contribution in [2.24, 2.45) is 0 Å². The third-order valence-electron chi connectivity index (χ3n) is 3.89. The molecule has 1 amide bonds. The van der Waals surface area contributed by atoms with Gasteiger partial charge in [-0.15, -0.1) is 0 Å². The molecular weight excluding hydrogens is 408 g/mol. The van der Waals surface area contributed by atoms with E-state index in [9.17, 15) is 9.90 Å². The summed E-state index contributed by atoms with van der Waals surface area (Å²) in [5.74, 6) is 6.61. The van der Waals surface area contributed by atoms with Crippen LogP contribution in [-0.4, -0.2) is 43.3 Å². The van der Waals surface area contributed by atoms with Gasteiger partial charge in [-0.05, 0) is 44.5 Å². The van der Waals surface area contributed by atoms with Crippen LogP contribution in [0.25, 0.3) is 11.4 Å². The second kappa shape index (κ2) is 10.3. The molecule has 0 aliphatic rings. The van der Waals surface area contributed by atoms with Crippen LogP contribution in [0.1, 0.15) is 31.9 Å². The van der Waals surface area contributed by atoms with Crippen molar-refractivity contribution in [3.05, 3.63) is 60.2 Å². The van der Waals surface area contributed by atoms with E-state index in [0.29, 0.717) is 22.9 Å². The molecule has 2 heterocycles. The predicted octanol–water partition coefficient (Wildman–Crippen LogP) is 3.05. The molecule has 0 radical (unpaired) electrons. The zero-order chi connectivity index (χ0) is 23.0. The molecule has 0 saturated heterocycles. The van der Waals surface area contributed by atoms with E-state index < -0.39 is 11.7 Å². The third-order valence-corrected chi connectivity index (χ3v) is 3.89. The van der Waals surface area contributed by atoms with Crippen LogP contribution < -0.4 is 10.6 Å². The summed E-state index contributed by atoms with van der Waals surface area (Å²) in [5.41, 5.74) is 2.30.